The first-order chi connectivity index (χ1) is 17.6. The Balaban J connectivity index is 1.54. The number of nitrogens with one attached hydrogen (secondary N) is 2. The van der Waals surface area contributed by atoms with Gasteiger partial charge in [0, 0.05) is 31.3 Å². The van der Waals surface area contributed by atoms with Gasteiger partial charge in [-0.25, -0.2) is 9.97 Å². The molecule has 2 aromatic heterocycles. The van der Waals surface area contributed by atoms with E-state index in [1.54, 1.807) is 6.07 Å². The number of amides is 2. The molecule has 1 atom stereocenters. The van der Waals surface area contributed by atoms with Crippen LogP contribution in [0.25, 0.3) is 22.4 Å². The number of unbranched alkanes of at least 4 members (excludes halogenated alkanes) is 1. The van der Waals surface area contributed by atoms with Crippen molar-refractivity contribution in [3.63, 3.8) is 0 Å². The summed E-state index contributed by atoms with van der Waals surface area (Å²) in [5, 5.41) is 11.6. The van der Waals surface area contributed by atoms with Crippen LogP contribution in [0, 0.1) is 5.92 Å². The van der Waals surface area contributed by atoms with Crippen molar-refractivity contribution in [1.82, 2.24) is 25.2 Å². The van der Waals surface area contributed by atoms with E-state index in [1.165, 1.54) is 11.1 Å². The summed E-state index contributed by atoms with van der Waals surface area (Å²) < 4.78 is 42.3. The van der Waals surface area contributed by atoms with Crippen molar-refractivity contribution in [3.05, 3.63) is 40.6 Å². The van der Waals surface area contributed by atoms with Gasteiger partial charge in [-0.05, 0) is 56.2 Å². The number of aliphatic hydroxyl groups excluding tert-OH is 1. The molecule has 1 aliphatic carbocycles. The van der Waals surface area contributed by atoms with Crippen LogP contribution >= 0.6 is 0 Å². The van der Waals surface area contributed by atoms with Gasteiger partial charge in [-0.15, -0.1) is 0 Å². The molecule has 0 radical (unpaired) electrons. The van der Waals surface area contributed by atoms with Gasteiger partial charge >= 0.3 is 6.18 Å². The number of rotatable bonds is 8. The molecule has 0 unspecified atom stereocenters. The number of carbonyl (C=O) groups excluding carboxylic acids is 2. The van der Waals surface area contributed by atoms with Gasteiger partial charge in [0.2, 0.25) is 0 Å². The number of nitrogens with zero attached hydrogens (tertiary/aromatic N) is 3. The predicted octanol–water partition coefficient (Wildman–Crippen LogP) is 3.48. The number of aromatic amines is 1. The Morgan fingerprint density at radius 3 is 2.76 bits per heavy atom. The molecule has 1 aromatic carbocycles. The second-order valence-electron chi connectivity index (χ2n) is 9.62. The number of nitrogens with two attached hydrogens (primary N) is 1. The van der Waals surface area contributed by atoms with Crippen molar-refractivity contribution in [1.29, 1.82) is 0 Å². The molecule has 12 heteroatoms. The smallest absolute Gasteiger partial charge is 0.396 e. The fourth-order valence-corrected chi connectivity index (χ4v) is 4.88. The third-order valence-corrected chi connectivity index (χ3v) is 7.06. The lowest BCUT2D eigenvalue weighted by Crippen LogP contribution is -2.35. The van der Waals surface area contributed by atoms with Crippen molar-refractivity contribution in [2.24, 2.45) is 5.92 Å². The molecule has 3 heterocycles. The maximum atomic E-state index is 14.1. The van der Waals surface area contributed by atoms with Crippen molar-refractivity contribution in [3.8, 4) is 11.3 Å². The second kappa shape index (κ2) is 9.33. The summed E-state index contributed by atoms with van der Waals surface area (Å²) >= 11 is 0. The molecular weight excluding hydrogens is 489 g/mol. The van der Waals surface area contributed by atoms with Crippen LogP contribution in [0.2, 0.25) is 0 Å². The zero-order chi connectivity index (χ0) is 26.5. The highest BCUT2D eigenvalue weighted by atomic mass is 19.4. The maximum Gasteiger partial charge on any atom is 0.417 e. The van der Waals surface area contributed by atoms with Gasteiger partial charge in [0.1, 0.15) is 16.9 Å². The lowest BCUT2D eigenvalue weighted by atomic mass is 9.97. The van der Waals surface area contributed by atoms with E-state index >= 15 is 0 Å². The van der Waals surface area contributed by atoms with Gasteiger partial charge in [-0.3, -0.25) is 9.59 Å². The van der Waals surface area contributed by atoms with Crippen LogP contribution in [-0.2, 0) is 12.7 Å². The minimum atomic E-state index is -4.75. The van der Waals surface area contributed by atoms with Crippen molar-refractivity contribution in [2.45, 2.75) is 51.4 Å². The molecule has 0 bridgehead atoms. The van der Waals surface area contributed by atoms with E-state index in [4.69, 9.17) is 10.8 Å². The fourth-order valence-electron chi connectivity index (χ4n) is 4.88. The molecule has 1 saturated carbocycles. The topological polar surface area (TPSA) is 137 Å². The standard InChI is InChI=1S/C25H27F3N6O3/c1-12(13-4-5-13)34-11-15-8-14(9-16(25(26,27)28)18(15)24(34)37)17-10-31-22-20(32-17)19(21(29)33-22)23(36)30-6-2-3-7-35/h8-10,12-13,35H,2-7,11,29H2,1H3,(H,30,36)(H,31,33)/t12-/m0/s1. The third kappa shape index (κ3) is 4.61. The van der Waals surface area contributed by atoms with Crippen LogP contribution in [0.1, 0.15) is 64.4 Å². The first-order valence-electron chi connectivity index (χ1n) is 12.2. The van der Waals surface area contributed by atoms with Gasteiger partial charge in [0.25, 0.3) is 11.8 Å². The summed E-state index contributed by atoms with van der Waals surface area (Å²) in [7, 11) is 0. The number of halogens is 3. The summed E-state index contributed by atoms with van der Waals surface area (Å²) in [5.41, 5.74) is 5.62. The molecule has 0 spiro atoms. The maximum absolute atomic E-state index is 14.1. The molecule has 9 nitrogen and oxygen atoms in total. The first-order valence-corrected chi connectivity index (χ1v) is 12.2. The van der Waals surface area contributed by atoms with Crippen molar-refractivity contribution >= 4 is 28.8 Å². The Morgan fingerprint density at radius 2 is 2.08 bits per heavy atom. The number of hydrogen-bond acceptors (Lipinski definition) is 6. The highest BCUT2D eigenvalue weighted by Gasteiger charge is 2.44. The monoisotopic (exact) mass is 516 g/mol. The van der Waals surface area contributed by atoms with Crippen LogP contribution in [0.15, 0.2) is 18.3 Å². The van der Waals surface area contributed by atoms with Crippen molar-refractivity contribution in [2.75, 3.05) is 18.9 Å². The summed E-state index contributed by atoms with van der Waals surface area (Å²) in [6.45, 7) is 2.28. The number of aromatic nitrogens is 3. The van der Waals surface area contributed by atoms with E-state index in [0.717, 1.165) is 18.9 Å². The number of alkyl halides is 3. The fraction of sp³-hybridized carbons (Fsp3) is 0.440. The molecule has 0 saturated heterocycles. The molecule has 1 fully saturated rings. The highest BCUT2D eigenvalue weighted by molar-refractivity contribution is 6.09. The molecule has 37 heavy (non-hydrogen) atoms. The van der Waals surface area contributed by atoms with Crippen LogP contribution in [0.4, 0.5) is 19.0 Å². The van der Waals surface area contributed by atoms with E-state index in [2.05, 4.69) is 20.3 Å². The Labute approximate surface area is 210 Å². The van der Waals surface area contributed by atoms with Crippen LogP contribution < -0.4 is 11.1 Å². The number of carbonyl (C=O) groups is 2. The number of aliphatic hydroxyl groups is 1. The lowest BCUT2D eigenvalue weighted by Gasteiger charge is -2.24. The Bertz CT molecular complexity index is 1380. The minimum Gasteiger partial charge on any atom is -0.396 e. The van der Waals surface area contributed by atoms with Gasteiger partial charge < -0.3 is 26.0 Å². The van der Waals surface area contributed by atoms with E-state index < -0.39 is 23.6 Å². The van der Waals surface area contributed by atoms with E-state index in [0.29, 0.717) is 30.9 Å². The molecule has 1 aliphatic heterocycles. The van der Waals surface area contributed by atoms with Crippen molar-refractivity contribution < 1.29 is 27.9 Å². The molecule has 2 aliphatic rings. The van der Waals surface area contributed by atoms with E-state index in [9.17, 15) is 22.8 Å². The molecule has 3 aromatic rings. The molecular formula is C25H27F3N6O3. The summed E-state index contributed by atoms with van der Waals surface area (Å²) in [6, 6.07) is 2.33. The molecule has 196 valence electrons. The zero-order valence-corrected chi connectivity index (χ0v) is 20.2. The van der Waals surface area contributed by atoms with Crippen LogP contribution in [0.3, 0.4) is 0 Å². The van der Waals surface area contributed by atoms with Crippen LogP contribution in [0.5, 0.6) is 0 Å². The first kappa shape index (κ1) is 25.0. The Morgan fingerprint density at radius 1 is 1.32 bits per heavy atom. The van der Waals surface area contributed by atoms with Gasteiger partial charge in [0.15, 0.2) is 5.65 Å². The lowest BCUT2D eigenvalue weighted by molar-refractivity contribution is -0.137. The molecule has 5 rings (SSSR count). The minimum absolute atomic E-state index is 0.00345. The number of hydrogen-bond donors (Lipinski definition) is 4. The molecule has 5 N–H and O–H groups in total. The number of benzene rings is 1. The second-order valence-corrected chi connectivity index (χ2v) is 9.62. The average Bonchev–Trinajstić information content (AvgIpc) is 3.57. The quantitative estimate of drug-likeness (QED) is 0.338. The Kier molecular flexibility index (Phi) is 6.30. The predicted molar refractivity (Wildman–Crippen MR) is 129 cm³/mol. The SMILES string of the molecule is C[C@@H](C1CC1)N1Cc2cc(-c3cnc4[nH]c(N)c(C(=O)NCCCCO)c4n3)cc(C(F)(F)F)c2C1=O. The summed E-state index contributed by atoms with van der Waals surface area (Å²) in [4.78, 5) is 38.8. The zero-order valence-electron chi connectivity index (χ0n) is 20.2. The number of anilines is 1. The van der Waals surface area contributed by atoms with Gasteiger partial charge in [-0.2, -0.15) is 13.2 Å². The van der Waals surface area contributed by atoms with Gasteiger partial charge in [-0.1, -0.05) is 0 Å². The van der Waals surface area contributed by atoms with E-state index in [1.807, 2.05) is 6.92 Å². The number of nitrogen functional groups attached to an aromatic ring is 1. The highest BCUT2D eigenvalue weighted by Crippen LogP contribution is 2.43. The van der Waals surface area contributed by atoms with Crippen LogP contribution in [-0.4, -0.2) is 56.0 Å². The Hall–Kier alpha value is -3.67. The van der Waals surface area contributed by atoms with Gasteiger partial charge in [0.05, 0.1) is 23.0 Å². The average molecular weight is 517 g/mol. The third-order valence-electron chi connectivity index (χ3n) is 7.06. The summed E-state index contributed by atoms with van der Waals surface area (Å²) in [5.74, 6) is -0.763. The summed E-state index contributed by atoms with van der Waals surface area (Å²) in [6.07, 6.45) is -0.426. The molecule has 2 amide bonds. The number of fused-ring (bicyclic) bond motifs is 2. The largest absolute Gasteiger partial charge is 0.417 e. The normalized spacial score (nSPS) is 16.4. The number of H-pyrrole nitrogens is 1. The van der Waals surface area contributed by atoms with E-state index in [-0.39, 0.29) is 58.6 Å².